The van der Waals surface area contributed by atoms with Crippen molar-refractivity contribution in [2.75, 3.05) is 7.11 Å². The third-order valence-corrected chi connectivity index (χ3v) is 3.27. The molecule has 0 aliphatic heterocycles. The molecular weight excluding hydrogens is 342 g/mol. The molecule has 0 N–H and O–H groups in total. The summed E-state index contributed by atoms with van der Waals surface area (Å²) >= 11 is 8.22. The molecule has 0 saturated carbocycles. The topological polar surface area (TPSA) is 52.1 Å². The van der Waals surface area contributed by atoms with Gasteiger partial charge < -0.3 is 4.74 Å². The molecule has 0 atom stereocenters. The average Bonchev–Trinajstić information content (AvgIpc) is 2.30. The Hall–Kier alpha value is -0.950. The molecule has 2 aromatic rings. The number of hydrogen-bond donors (Lipinski definition) is 0. The van der Waals surface area contributed by atoms with Crippen molar-refractivity contribution in [3.8, 4) is 0 Å². The first-order chi connectivity index (χ1) is 7.65. The van der Waals surface area contributed by atoms with Gasteiger partial charge in [-0.2, -0.15) is 0 Å². The summed E-state index contributed by atoms with van der Waals surface area (Å²) in [5.41, 5.74) is 0.980. The van der Waals surface area contributed by atoms with Crippen molar-refractivity contribution >= 4 is 51.1 Å². The summed E-state index contributed by atoms with van der Waals surface area (Å²) in [6, 6.07) is 0. The molecule has 0 fully saturated rings. The van der Waals surface area contributed by atoms with E-state index in [0.29, 0.717) is 10.4 Å². The van der Waals surface area contributed by atoms with Crippen molar-refractivity contribution in [2.45, 2.75) is 0 Å². The van der Waals surface area contributed by atoms with E-state index in [2.05, 4.69) is 37.3 Å². The molecule has 16 heavy (non-hydrogen) atoms. The van der Waals surface area contributed by atoms with Gasteiger partial charge in [-0.3, -0.25) is 9.97 Å². The maximum absolute atomic E-state index is 11.4. The van der Waals surface area contributed by atoms with Gasteiger partial charge in [0.15, 0.2) is 0 Å². The van der Waals surface area contributed by atoms with Crippen molar-refractivity contribution in [3.05, 3.63) is 32.7 Å². The lowest BCUT2D eigenvalue weighted by molar-refractivity contribution is 0.0600. The second-order valence-electron chi connectivity index (χ2n) is 2.99. The lowest BCUT2D eigenvalue weighted by Gasteiger charge is -2.05. The maximum atomic E-state index is 11.4. The molecule has 0 saturated heterocycles. The highest BCUT2D eigenvalue weighted by Crippen LogP contribution is 2.27. The summed E-state index contributed by atoms with van der Waals surface area (Å²) in [5, 5.41) is 0.972. The van der Waals surface area contributed by atoms with Crippen molar-refractivity contribution in [1.29, 1.82) is 0 Å². The highest BCUT2D eigenvalue weighted by atomic mass is 127. The van der Waals surface area contributed by atoms with Crippen LogP contribution in [-0.2, 0) is 4.74 Å². The van der Waals surface area contributed by atoms with Gasteiger partial charge in [-0.25, -0.2) is 4.79 Å². The first kappa shape index (κ1) is 11.5. The first-order valence-electron chi connectivity index (χ1n) is 4.31. The Kier molecular flexibility index (Phi) is 3.25. The molecule has 2 rings (SSSR count). The van der Waals surface area contributed by atoms with Gasteiger partial charge in [0, 0.05) is 24.0 Å². The SMILES string of the molecule is COC(=O)c1cnc2c(I)cncc2c1Cl. The van der Waals surface area contributed by atoms with Crippen LogP contribution >= 0.6 is 34.2 Å². The van der Waals surface area contributed by atoms with E-state index < -0.39 is 5.97 Å². The average molecular weight is 349 g/mol. The molecule has 0 aromatic carbocycles. The first-order valence-corrected chi connectivity index (χ1v) is 5.77. The second-order valence-corrected chi connectivity index (χ2v) is 4.54. The van der Waals surface area contributed by atoms with E-state index in [4.69, 9.17) is 11.6 Å². The summed E-state index contributed by atoms with van der Waals surface area (Å²) in [5.74, 6) is -0.502. The molecule has 0 aliphatic carbocycles. The smallest absolute Gasteiger partial charge is 0.340 e. The number of hydrogen-bond acceptors (Lipinski definition) is 4. The van der Waals surface area contributed by atoms with Crippen LogP contribution in [0.3, 0.4) is 0 Å². The molecule has 0 aliphatic rings. The minimum absolute atomic E-state index is 0.250. The quantitative estimate of drug-likeness (QED) is 0.587. The van der Waals surface area contributed by atoms with Crippen LogP contribution in [0.1, 0.15) is 10.4 Å². The van der Waals surface area contributed by atoms with E-state index >= 15 is 0 Å². The normalized spacial score (nSPS) is 10.4. The van der Waals surface area contributed by atoms with Crippen LogP contribution in [0, 0.1) is 3.57 Å². The van der Waals surface area contributed by atoms with Gasteiger partial charge in [-0.15, -0.1) is 0 Å². The van der Waals surface area contributed by atoms with E-state index in [1.807, 2.05) is 0 Å². The zero-order valence-corrected chi connectivity index (χ0v) is 11.1. The number of methoxy groups -OCH3 is 1. The Morgan fingerprint density at radius 3 is 2.88 bits per heavy atom. The Morgan fingerprint density at radius 2 is 2.19 bits per heavy atom. The molecule has 2 aromatic heterocycles. The van der Waals surface area contributed by atoms with Crippen molar-refractivity contribution < 1.29 is 9.53 Å². The van der Waals surface area contributed by atoms with Crippen LogP contribution in [-0.4, -0.2) is 23.0 Å². The van der Waals surface area contributed by atoms with E-state index in [9.17, 15) is 4.79 Å². The maximum Gasteiger partial charge on any atom is 0.340 e. The number of halogens is 2. The minimum atomic E-state index is -0.502. The number of rotatable bonds is 1. The third kappa shape index (κ3) is 1.84. The molecule has 0 radical (unpaired) electrons. The van der Waals surface area contributed by atoms with Gasteiger partial charge in [-0.05, 0) is 22.6 Å². The number of carbonyl (C=O) groups is 1. The molecule has 0 unspecified atom stereocenters. The summed E-state index contributed by atoms with van der Waals surface area (Å²) in [6.45, 7) is 0. The van der Waals surface area contributed by atoms with Crippen LogP contribution in [0.2, 0.25) is 5.02 Å². The molecule has 0 amide bonds. The van der Waals surface area contributed by atoms with E-state index in [1.54, 1.807) is 12.4 Å². The lowest BCUT2D eigenvalue weighted by atomic mass is 10.2. The third-order valence-electron chi connectivity index (χ3n) is 2.07. The number of fused-ring (bicyclic) bond motifs is 1. The van der Waals surface area contributed by atoms with E-state index in [-0.39, 0.29) is 5.56 Å². The highest BCUT2D eigenvalue weighted by Gasteiger charge is 2.15. The monoisotopic (exact) mass is 348 g/mol. The Morgan fingerprint density at radius 1 is 1.44 bits per heavy atom. The fourth-order valence-corrected chi connectivity index (χ4v) is 2.16. The second kappa shape index (κ2) is 4.50. The summed E-state index contributed by atoms with van der Waals surface area (Å²) in [6.07, 6.45) is 4.68. The number of nitrogens with zero attached hydrogens (tertiary/aromatic N) is 2. The molecule has 2 heterocycles. The number of esters is 1. The predicted molar refractivity (Wildman–Crippen MR) is 68.6 cm³/mol. The fourth-order valence-electron chi connectivity index (χ4n) is 1.30. The number of ether oxygens (including phenoxy) is 1. The zero-order valence-electron chi connectivity index (χ0n) is 8.20. The molecule has 0 bridgehead atoms. The van der Waals surface area contributed by atoms with Crippen LogP contribution < -0.4 is 0 Å². The Balaban J connectivity index is 2.75. The number of pyridine rings is 2. The Bertz CT molecular complexity index is 574. The van der Waals surface area contributed by atoms with E-state index in [0.717, 1.165) is 9.09 Å². The summed E-state index contributed by atoms with van der Waals surface area (Å²) in [4.78, 5) is 19.6. The van der Waals surface area contributed by atoms with Crippen molar-refractivity contribution in [1.82, 2.24) is 9.97 Å². The van der Waals surface area contributed by atoms with Gasteiger partial charge in [0.25, 0.3) is 0 Å². The minimum Gasteiger partial charge on any atom is -0.465 e. The van der Waals surface area contributed by atoms with Crippen molar-refractivity contribution in [3.63, 3.8) is 0 Å². The van der Waals surface area contributed by atoms with Crippen LogP contribution in [0.15, 0.2) is 18.6 Å². The summed E-state index contributed by atoms with van der Waals surface area (Å²) in [7, 11) is 1.30. The van der Waals surface area contributed by atoms with Gasteiger partial charge in [0.05, 0.1) is 26.8 Å². The molecule has 82 valence electrons. The zero-order chi connectivity index (χ0) is 11.7. The van der Waals surface area contributed by atoms with Gasteiger partial charge in [0.1, 0.15) is 0 Å². The molecular formula is C10H6ClIN2O2. The van der Waals surface area contributed by atoms with Crippen molar-refractivity contribution in [2.24, 2.45) is 0 Å². The number of aromatic nitrogens is 2. The van der Waals surface area contributed by atoms with E-state index in [1.165, 1.54) is 13.3 Å². The Labute approximate surface area is 110 Å². The van der Waals surface area contributed by atoms with Gasteiger partial charge in [0.2, 0.25) is 0 Å². The largest absolute Gasteiger partial charge is 0.465 e. The van der Waals surface area contributed by atoms with Crippen LogP contribution in [0.4, 0.5) is 0 Å². The molecule has 6 heteroatoms. The van der Waals surface area contributed by atoms with Gasteiger partial charge >= 0.3 is 5.97 Å². The van der Waals surface area contributed by atoms with Crippen LogP contribution in [0.25, 0.3) is 10.9 Å². The highest BCUT2D eigenvalue weighted by molar-refractivity contribution is 14.1. The standard InChI is InChI=1S/C10H6ClIN2O2/c1-16-10(15)6-3-14-9-5(8(6)11)2-13-4-7(9)12/h2-4H,1H3. The fraction of sp³-hybridized carbons (Fsp3) is 0.100. The molecule has 0 spiro atoms. The number of carbonyl (C=O) groups excluding carboxylic acids is 1. The lowest BCUT2D eigenvalue weighted by Crippen LogP contribution is -2.03. The molecule has 4 nitrogen and oxygen atoms in total. The summed E-state index contributed by atoms with van der Waals surface area (Å²) < 4.78 is 5.49. The van der Waals surface area contributed by atoms with Crippen LogP contribution in [0.5, 0.6) is 0 Å². The predicted octanol–water partition coefficient (Wildman–Crippen LogP) is 2.67. The van der Waals surface area contributed by atoms with Gasteiger partial charge in [-0.1, -0.05) is 11.6 Å².